The van der Waals surface area contributed by atoms with Crippen LogP contribution in [0.25, 0.3) is 11.8 Å². The van der Waals surface area contributed by atoms with Gasteiger partial charge in [0.15, 0.2) is 0 Å². The summed E-state index contributed by atoms with van der Waals surface area (Å²) in [5, 5.41) is 2.69. The number of amides is 3. The minimum absolute atomic E-state index is 0.276. The van der Waals surface area contributed by atoms with E-state index in [4.69, 9.17) is 0 Å². The van der Waals surface area contributed by atoms with E-state index in [1.165, 1.54) is 5.56 Å². The third-order valence-electron chi connectivity index (χ3n) is 4.95. The van der Waals surface area contributed by atoms with Crippen LogP contribution >= 0.6 is 0 Å². The topological polar surface area (TPSA) is 54.3 Å². The van der Waals surface area contributed by atoms with Gasteiger partial charge in [0.05, 0.1) is 5.69 Å². The number of imide groups is 1. The lowest BCUT2D eigenvalue weighted by Crippen LogP contribution is -2.30. The van der Waals surface area contributed by atoms with Crippen molar-refractivity contribution in [2.75, 3.05) is 4.90 Å². The molecule has 0 aliphatic carbocycles. The van der Waals surface area contributed by atoms with Crippen LogP contribution in [0.15, 0.2) is 66.4 Å². The van der Waals surface area contributed by atoms with Crippen LogP contribution in [-0.2, 0) is 4.79 Å². The Labute approximate surface area is 163 Å². The van der Waals surface area contributed by atoms with Crippen LogP contribution in [-0.4, -0.2) is 16.5 Å². The van der Waals surface area contributed by atoms with Gasteiger partial charge in [-0.1, -0.05) is 35.9 Å². The molecule has 5 nitrogen and oxygen atoms in total. The number of urea groups is 1. The van der Waals surface area contributed by atoms with Crippen LogP contribution in [0.2, 0.25) is 0 Å². The summed E-state index contributed by atoms with van der Waals surface area (Å²) in [6.45, 7) is 6.09. The summed E-state index contributed by atoms with van der Waals surface area (Å²) < 4.78 is 2.14. The molecule has 1 saturated heterocycles. The minimum atomic E-state index is -0.435. The molecule has 0 saturated carbocycles. The van der Waals surface area contributed by atoms with Gasteiger partial charge in [-0.25, -0.2) is 9.69 Å². The smallest absolute Gasteiger partial charge is 0.318 e. The Morgan fingerprint density at radius 2 is 1.54 bits per heavy atom. The summed E-state index contributed by atoms with van der Waals surface area (Å²) in [5.74, 6) is -0.351. The van der Waals surface area contributed by atoms with E-state index in [9.17, 15) is 9.59 Å². The summed E-state index contributed by atoms with van der Waals surface area (Å²) >= 11 is 0. The number of para-hydroxylation sites is 1. The molecule has 0 unspecified atom stereocenters. The molecule has 0 bridgehead atoms. The molecule has 2 aromatic carbocycles. The predicted octanol–water partition coefficient (Wildman–Crippen LogP) is 4.50. The van der Waals surface area contributed by atoms with E-state index in [-0.39, 0.29) is 11.6 Å². The molecular formula is C23H21N3O2. The summed E-state index contributed by atoms with van der Waals surface area (Å²) in [7, 11) is 0. The van der Waals surface area contributed by atoms with Crippen molar-refractivity contribution >= 4 is 23.7 Å². The van der Waals surface area contributed by atoms with Crippen molar-refractivity contribution in [2.45, 2.75) is 20.8 Å². The molecule has 1 aromatic heterocycles. The average molecular weight is 371 g/mol. The zero-order valence-electron chi connectivity index (χ0n) is 16.1. The molecule has 1 aliphatic heterocycles. The molecule has 5 heteroatoms. The standard InChI is InChI=1S/C23H21N3O2/c1-15-9-11-20(12-10-15)25-16(2)13-18(17(25)3)14-21-22(27)26(23(28)24-21)19-7-5-4-6-8-19/h4-14H,1-3H3,(H,24,28)/b21-14+. The van der Waals surface area contributed by atoms with Gasteiger partial charge in [0.1, 0.15) is 5.70 Å². The largest absolute Gasteiger partial charge is 0.333 e. The lowest BCUT2D eigenvalue weighted by Gasteiger charge is -2.11. The summed E-state index contributed by atoms with van der Waals surface area (Å²) in [6, 6.07) is 18.8. The van der Waals surface area contributed by atoms with E-state index in [0.717, 1.165) is 27.5 Å². The van der Waals surface area contributed by atoms with Crippen molar-refractivity contribution in [1.82, 2.24) is 9.88 Å². The van der Waals surface area contributed by atoms with Crippen molar-refractivity contribution in [3.05, 3.63) is 88.9 Å². The normalized spacial score (nSPS) is 15.4. The fourth-order valence-corrected chi connectivity index (χ4v) is 3.53. The Bertz CT molecular complexity index is 1090. The van der Waals surface area contributed by atoms with Gasteiger partial charge in [-0.15, -0.1) is 0 Å². The second-order valence-corrected chi connectivity index (χ2v) is 6.96. The number of carbonyl (C=O) groups excluding carboxylic acids is 2. The van der Waals surface area contributed by atoms with E-state index in [1.54, 1.807) is 30.3 Å². The van der Waals surface area contributed by atoms with E-state index in [0.29, 0.717) is 5.69 Å². The molecule has 140 valence electrons. The zero-order valence-corrected chi connectivity index (χ0v) is 16.1. The molecule has 28 heavy (non-hydrogen) atoms. The maximum atomic E-state index is 12.8. The van der Waals surface area contributed by atoms with Crippen molar-refractivity contribution in [3.8, 4) is 5.69 Å². The Hall–Kier alpha value is -3.60. The minimum Gasteiger partial charge on any atom is -0.318 e. The lowest BCUT2D eigenvalue weighted by atomic mass is 10.2. The van der Waals surface area contributed by atoms with Crippen LogP contribution in [0.4, 0.5) is 10.5 Å². The highest BCUT2D eigenvalue weighted by atomic mass is 16.2. The van der Waals surface area contributed by atoms with E-state index in [1.807, 2.05) is 26.0 Å². The molecule has 0 radical (unpaired) electrons. The van der Waals surface area contributed by atoms with Gasteiger partial charge in [-0.3, -0.25) is 4.79 Å². The van der Waals surface area contributed by atoms with Crippen LogP contribution in [0, 0.1) is 20.8 Å². The van der Waals surface area contributed by atoms with Crippen LogP contribution in [0.1, 0.15) is 22.5 Å². The van der Waals surface area contributed by atoms with Crippen LogP contribution in [0.5, 0.6) is 0 Å². The van der Waals surface area contributed by atoms with Crippen molar-refractivity contribution in [2.24, 2.45) is 0 Å². The van der Waals surface area contributed by atoms with Gasteiger partial charge >= 0.3 is 6.03 Å². The maximum absolute atomic E-state index is 12.8. The van der Waals surface area contributed by atoms with E-state index >= 15 is 0 Å². The summed E-state index contributed by atoms with van der Waals surface area (Å²) in [5.41, 5.74) is 6.07. The van der Waals surface area contributed by atoms with Gasteiger partial charge in [0, 0.05) is 17.1 Å². The first-order chi connectivity index (χ1) is 13.5. The molecule has 1 aliphatic rings. The molecular weight excluding hydrogens is 350 g/mol. The maximum Gasteiger partial charge on any atom is 0.333 e. The second kappa shape index (κ2) is 6.85. The van der Waals surface area contributed by atoms with Crippen LogP contribution in [0.3, 0.4) is 0 Å². The Balaban J connectivity index is 1.70. The Morgan fingerprint density at radius 3 is 2.21 bits per heavy atom. The third kappa shape index (κ3) is 3.01. The summed E-state index contributed by atoms with van der Waals surface area (Å²) in [6.07, 6.45) is 1.75. The quantitative estimate of drug-likeness (QED) is 0.544. The highest BCUT2D eigenvalue weighted by molar-refractivity contribution is 6.28. The monoisotopic (exact) mass is 371 g/mol. The van der Waals surface area contributed by atoms with E-state index in [2.05, 4.69) is 41.1 Å². The number of nitrogens with one attached hydrogen (secondary N) is 1. The first-order valence-corrected chi connectivity index (χ1v) is 9.14. The number of benzene rings is 2. The fraction of sp³-hybridized carbons (Fsp3) is 0.130. The summed E-state index contributed by atoms with van der Waals surface area (Å²) in [4.78, 5) is 26.3. The molecule has 0 atom stereocenters. The molecule has 1 N–H and O–H groups in total. The van der Waals surface area contributed by atoms with Crippen molar-refractivity contribution < 1.29 is 9.59 Å². The number of hydrogen-bond donors (Lipinski definition) is 1. The SMILES string of the molecule is Cc1ccc(-n2c(C)cc(/C=C3/NC(=O)N(c4ccccc4)C3=O)c2C)cc1. The van der Waals surface area contributed by atoms with Gasteiger partial charge in [-0.2, -0.15) is 0 Å². The molecule has 3 aromatic rings. The molecule has 0 spiro atoms. The first-order valence-electron chi connectivity index (χ1n) is 9.14. The Kier molecular flexibility index (Phi) is 4.35. The number of carbonyl (C=O) groups is 2. The predicted molar refractivity (Wildman–Crippen MR) is 110 cm³/mol. The highest BCUT2D eigenvalue weighted by Gasteiger charge is 2.34. The fourth-order valence-electron chi connectivity index (χ4n) is 3.53. The number of rotatable bonds is 3. The van der Waals surface area contributed by atoms with Crippen molar-refractivity contribution in [1.29, 1.82) is 0 Å². The number of aryl methyl sites for hydroxylation is 2. The highest BCUT2D eigenvalue weighted by Crippen LogP contribution is 2.26. The zero-order chi connectivity index (χ0) is 19.8. The van der Waals surface area contributed by atoms with Gasteiger partial charge in [0.2, 0.25) is 0 Å². The molecule has 3 amide bonds. The number of aromatic nitrogens is 1. The van der Waals surface area contributed by atoms with Gasteiger partial charge in [-0.05, 0) is 62.7 Å². The molecule has 2 heterocycles. The number of nitrogens with zero attached hydrogens (tertiary/aromatic N) is 2. The van der Waals surface area contributed by atoms with Crippen molar-refractivity contribution in [3.63, 3.8) is 0 Å². The number of anilines is 1. The third-order valence-corrected chi connectivity index (χ3v) is 4.95. The average Bonchev–Trinajstić information content (AvgIpc) is 3.12. The lowest BCUT2D eigenvalue weighted by molar-refractivity contribution is -0.113. The number of hydrogen-bond acceptors (Lipinski definition) is 2. The van der Waals surface area contributed by atoms with Gasteiger partial charge < -0.3 is 9.88 Å². The Morgan fingerprint density at radius 1 is 0.857 bits per heavy atom. The second-order valence-electron chi connectivity index (χ2n) is 6.96. The van der Waals surface area contributed by atoms with E-state index < -0.39 is 6.03 Å². The first kappa shape index (κ1) is 17.8. The molecule has 4 rings (SSSR count). The van der Waals surface area contributed by atoms with Crippen LogP contribution < -0.4 is 10.2 Å². The molecule has 1 fully saturated rings. The van der Waals surface area contributed by atoms with Gasteiger partial charge in [0.25, 0.3) is 5.91 Å².